The van der Waals surface area contributed by atoms with Crippen molar-refractivity contribution >= 4 is 40.7 Å². The molecule has 1 aromatic carbocycles. The van der Waals surface area contributed by atoms with Gasteiger partial charge in [0.1, 0.15) is 5.54 Å². The Bertz CT molecular complexity index is 551. The Balaban J connectivity index is 2.46. The molecule has 0 unspecified atom stereocenters. The third-order valence-corrected chi connectivity index (χ3v) is 4.40. The smallest absolute Gasteiger partial charge is 0.252 e. The summed E-state index contributed by atoms with van der Waals surface area (Å²) in [5.74, 6) is -0.223. The molecule has 0 bridgehead atoms. The van der Waals surface area contributed by atoms with Gasteiger partial charge >= 0.3 is 0 Å². The predicted molar refractivity (Wildman–Crippen MR) is 84.9 cm³/mol. The molecule has 1 aliphatic heterocycles. The highest BCUT2D eigenvalue weighted by atomic mass is 35.5. The molecule has 1 saturated heterocycles. The number of amides is 2. The fourth-order valence-electron chi connectivity index (χ4n) is 2.63. The van der Waals surface area contributed by atoms with Crippen LogP contribution < -0.4 is 10.2 Å². The number of hydrogen-bond donors (Lipinski definition) is 1. The lowest BCUT2D eigenvalue weighted by Gasteiger charge is -2.33. The minimum Gasteiger partial charge on any atom is -0.342 e. The van der Waals surface area contributed by atoms with Crippen molar-refractivity contribution in [2.24, 2.45) is 0 Å². The first kappa shape index (κ1) is 16.1. The van der Waals surface area contributed by atoms with Crippen LogP contribution in [-0.2, 0) is 9.59 Å². The first-order valence-electron chi connectivity index (χ1n) is 7.01. The van der Waals surface area contributed by atoms with Crippen molar-refractivity contribution in [3.8, 4) is 0 Å². The topological polar surface area (TPSA) is 49.4 Å². The molecule has 21 heavy (non-hydrogen) atoms. The minimum atomic E-state index is -0.859. The molecule has 0 saturated carbocycles. The van der Waals surface area contributed by atoms with Crippen molar-refractivity contribution in [3.05, 3.63) is 28.2 Å². The standard InChI is InChI=1S/C15H18Cl2N2O2/c1-3-15(4-2)14(21)19(6-5-13(20)18-15)12-8-10(16)7-11(17)9-12/h7-9H,3-6H2,1-2H3,(H,18,20). The van der Waals surface area contributed by atoms with Crippen molar-refractivity contribution in [2.75, 3.05) is 11.4 Å². The molecule has 4 nitrogen and oxygen atoms in total. The molecule has 1 aromatic rings. The average molecular weight is 329 g/mol. The maximum atomic E-state index is 12.9. The van der Waals surface area contributed by atoms with Crippen molar-refractivity contribution in [2.45, 2.75) is 38.6 Å². The highest BCUT2D eigenvalue weighted by Crippen LogP contribution is 2.30. The van der Waals surface area contributed by atoms with Gasteiger partial charge in [-0.15, -0.1) is 0 Å². The van der Waals surface area contributed by atoms with Gasteiger partial charge in [-0.05, 0) is 31.0 Å². The molecular weight excluding hydrogens is 311 g/mol. The van der Waals surface area contributed by atoms with Gasteiger partial charge in [-0.2, -0.15) is 0 Å². The second-order valence-electron chi connectivity index (χ2n) is 5.17. The summed E-state index contributed by atoms with van der Waals surface area (Å²) in [6.07, 6.45) is 1.34. The van der Waals surface area contributed by atoms with E-state index >= 15 is 0 Å². The van der Waals surface area contributed by atoms with Gasteiger partial charge in [0.05, 0.1) is 0 Å². The lowest BCUT2D eigenvalue weighted by atomic mass is 9.91. The number of rotatable bonds is 3. The van der Waals surface area contributed by atoms with Crippen LogP contribution in [0, 0.1) is 0 Å². The van der Waals surface area contributed by atoms with Gasteiger partial charge in [0, 0.05) is 28.7 Å². The molecule has 0 spiro atoms. The number of nitrogens with zero attached hydrogens (tertiary/aromatic N) is 1. The first-order valence-corrected chi connectivity index (χ1v) is 7.76. The average Bonchev–Trinajstić information content (AvgIpc) is 2.55. The van der Waals surface area contributed by atoms with E-state index in [1.54, 1.807) is 23.1 Å². The molecule has 2 rings (SSSR count). The van der Waals surface area contributed by atoms with E-state index < -0.39 is 5.54 Å². The molecule has 2 amide bonds. The van der Waals surface area contributed by atoms with Gasteiger partial charge in [0.15, 0.2) is 0 Å². The summed E-state index contributed by atoms with van der Waals surface area (Å²) in [7, 11) is 0. The number of nitrogens with one attached hydrogen (secondary N) is 1. The Labute approximate surface area is 134 Å². The molecule has 1 aliphatic rings. The number of anilines is 1. The van der Waals surface area contributed by atoms with Crippen molar-refractivity contribution in [3.63, 3.8) is 0 Å². The quantitative estimate of drug-likeness (QED) is 0.924. The van der Waals surface area contributed by atoms with Gasteiger partial charge in [0.25, 0.3) is 5.91 Å². The fraction of sp³-hybridized carbons (Fsp3) is 0.467. The molecule has 6 heteroatoms. The van der Waals surface area contributed by atoms with Gasteiger partial charge < -0.3 is 10.2 Å². The van der Waals surface area contributed by atoms with E-state index in [9.17, 15) is 9.59 Å². The largest absolute Gasteiger partial charge is 0.342 e. The Hall–Kier alpha value is -1.26. The second-order valence-corrected chi connectivity index (χ2v) is 6.04. The predicted octanol–water partition coefficient (Wildman–Crippen LogP) is 3.41. The number of carbonyl (C=O) groups excluding carboxylic acids is 2. The first-order chi connectivity index (χ1) is 9.91. The van der Waals surface area contributed by atoms with Crippen LogP contribution in [0.4, 0.5) is 5.69 Å². The van der Waals surface area contributed by atoms with E-state index in [1.807, 2.05) is 13.8 Å². The number of halogens is 2. The zero-order chi connectivity index (χ0) is 15.6. The number of carbonyl (C=O) groups is 2. The van der Waals surface area contributed by atoms with Crippen LogP contribution in [-0.4, -0.2) is 23.9 Å². The zero-order valence-corrected chi connectivity index (χ0v) is 13.6. The van der Waals surface area contributed by atoms with E-state index in [0.717, 1.165) is 0 Å². The van der Waals surface area contributed by atoms with Crippen LogP contribution >= 0.6 is 23.2 Å². The molecule has 0 radical (unpaired) electrons. The number of hydrogen-bond acceptors (Lipinski definition) is 2. The summed E-state index contributed by atoms with van der Waals surface area (Å²) in [5, 5.41) is 3.80. The van der Waals surface area contributed by atoms with Crippen molar-refractivity contribution < 1.29 is 9.59 Å². The molecule has 0 atom stereocenters. The van der Waals surface area contributed by atoms with Gasteiger partial charge in [-0.25, -0.2) is 0 Å². The third kappa shape index (κ3) is 3.16. The summed E-state index contributed by atoms with van der Waals surface area (Å²) < 4.78 is 0. The summed E-state index contributed by atoms with van der Waals surface area (Å²) in [6, 6.07) is 5.00. The van der Waals surface area contributed by atoms with Crippen molar-refractivity contribution in [1.82, 2.24) is 5.32 Å². The molecule has 0 aromatic heterocycles. The van der Waals surface area contributed by atoms with Crippen LogP contribution in [0.2, 0.25) is 10.0 Å². The number of benzene rings is 1. The van der Waals surface area contributed by atoms with Crippen LogP contribution in [0.25, 0.3) is 0 Å². The molecule has 114 valence electrons. The minimum absolute atomic E-state index is 0.109. The third-order valence-electron chi connectivity index (χ3n) is 3.96. The van der Waals surface area contributed by atoms with E-state index in [0.29, 0.717) is 35.1 Å². The monoisotopic (exact) mass is 328 g/mol. The van der Waals surface area contributed by atoms with Crippen LogP contribution in [0.1, 0.15) is 33.1 Å². The Morgan fingerprint density at radius 3 is 2.24 bits per heavy atom. The highest BCUT2D eigenvalue weighted by molar-refractivity contribution is 6.35. The summed E-state index contributed by atoms with van der Waals surface area (Å²) in [6.45, 7) is 4.12. The van der Waals surface area contributed by atoms with Gasteiger partial charge in [-0.3, -0.25) is 9.59 Å². The normalized spacial score (nSPS) is 18.4. The van der Waals surface area contributed by atoms with Crippen LogP contribution in [0.3, 0.4) is 0 Å². The molecule has 0 aliphatic carbocycles. The van der Waals surface area contributed by atoms with E-state index in [2.05, 4.69) is 5.32 Å². The zero-order valence-electron chi connectivity index (χ0n) is 12.1. The Kier molecular flexibility index (Phi) is 4.79. The Morgan fingerprint density at radius 1 is 1.14 bits per heavy atom. The molecular formula is C15H18Cl2N2O2. The molecule has 1 heterocycles. The van der Waals surface area contributed by atoms with Crippen LogP contribution in [0.15, 0.2) is 18.2 Å². The lowest BCUT2D eigenvalue weighted by Crippen LogP contribution is -2.56. The molecule has 1 N–H and O–H groups in total. The molecule has 1 fully saturated rings. The summed E-state index contributed by atoms with van der Waals surface area (Å²) in [5.41, 5.74) is -0.233. The summed E-state index contributed by atoms with van der Waals surface area (Å²) >= 11 is 12.0. The van der Waals surface area contributed by atoms with Crippen LogP contribution in [0.5, 0.6) is 0 Å². The van der Waals surface area contributed by atoms with Gasteiger partial charge in [0.2, 0.25) is 5.91 Å². The second kappa shape index (κ2) is 6.24. The van der Waals surface area contributed by atoms with Gasteiger partial charge in [-0.1, -0.05) is 37.0 Å². The van der Waals surface area contributed by atoms with E-state index in [4.69, 9.17) is 23.2 Å². The van der Waals surface area contributed by atoms with Crippen molar-refractivity contribution in [1.29, 1.82) is 0 Å². The Morgan fingerprint density at radius 2 is 1.71 bits per heavy atom. The maximum absolute atomic E-state index is 12.9. The SMILES string of the molecule is CCC1(CC)NC(=O)CCN(c2cc(Cl)cc(Cl)c2)C1=O. The lowest BCUT2D eigenvalue weighted by molar-refractivity contribution is -0.130. The highest BCUT2D eigenvalue weighted by Gasteiger charge is 2.42. The van der Waals surface area contributed by atoms with E-state index in [-0.39, 0.29) is 18.2 Å². The maximum Gasteiger partial charge on any atom is 0.252 e. The fourth-order valence-corrected chi connectivity index (χ4v) is 3.14. The summed E-state index contributed by atoms with van der Waals surface area (Å²) in [4.78, 5) is 26.5. The van der Waals surface area contributed by atoms with E-state index in [1.165, 1.54) is 0 Å².